The van der Waals surface area contributed by atoms with Crippen molar-refractivity contribution in [2.24, 2.45) is 4.99 Å². The predicted octanol–water partition coefficient (Wildman–Crippen LogP) is 2.84. The molecule has 0 spiro atoms. The molecular weight excluding hydrogens is 417 g/mol. The summed E-state index contributed by atoms with van der Waals surface area (Å²) in [6.07, 6.45) is 5.29. The van der Waals surface area contributed by atoms with Gasteiger partial charge in [-0.25, -0.2) is 4.98 Å². The number of aliphatic imine (C=N–C) groups is 1. The molecule has 0 aromatic carbocycles. The number of hydrogen-bond acceptors (Lipinski definition) is 4. The fourth-order valence-electron chi connectivity index (χ4n) is 3.13. The molecule has 1 aliphatic rings. The minimum atomic E-state index is 0. The van der Waals surface area contributed by atoms with Crippen molar-refractivity contribution in [2.75, 3.05) is 26.7 Å². The van der Waals surface area contributed by atoms with E-state index in [0.717, 1.165) is 36.5 Å². The summed E-state index contributed by atoms with van der Waals surface area (Å²) in [5.41, 5.74) is 0.945. The lowest BCUT2D eigenvalue weighted by molar-refractivity contribution is 0.147. The maximum atomic E-state index is 5.57. The van der Waals surface area contributed by atoms with Crippen molar-refractivity contribution in [2.45, 2.75) is 59.0 Å². The van der Waals surface area contributed by atoms with Gasteiger partial charge in [0.1, 0.15) is 5.76 Å². The lowest BCUT2D eigenvalue weighted by Crippen LogP contribution is -2.45. The van der Waals surface area contributed by atoms with E-state index in [-0.39, 0.29) is 24.0 Å². The number of halogens is 1. The van der Waals surface area contributed by atoms with Gasteiger partial charge in [-0.05, 0) is 39.7 Å². The van der Waals surface area contributed by atoms with Gasteiger partial charge in [-0.3, -0.25) is 9.89 Å². The molecule has 1 saturated heterocycles. The van der Waals surface area contributed by atoms with Gasteiger partial charge >= 0.3 is 0 Å². The Morgan fingerprint density at radius 2 is 2.12 bits per heavy atom. The molecule has 0 radical (unpaired) electrons. The summed E-state index contributed by atoms with van der Waals surface area (Å²) in [6, 6.07) is 0.749. The molecule has 1 unspecified atom stereocenters. The third-order valence-corrected chi connectivity index (χ3v) is 4.62. The van der Waals surface area contributed by atoms with Crippen LogP contribution >= 0.6 is 24.0 Å². The lowest BCUT2D eigenvalue weighted by atomic mass is 10.0. The van der Waals surface area contributed by atoms with E-state index >= 15 is 0 Å². The molecule has 2 N–H and O–H groups in total. The normalized spacial score (nSPS) is 19.0. The number of likely N-dealkylation sites (tertiary alicyclic amines) is 1. The quantitative estimate of drug-likeness (QED) is 0.397. The molecule has 1 aliphatic heterocycles. The van der Waals surface area contributed by atoms with Crippen molar-refractivity contribution in [3.05, 3.63) is 17.3 Å². The molecule has 1 aromatic rings. The van der Waals surface area contributed by atoms with Crippen LogP contribution < -0.4 is 10.6 Å². The molecule has 0 aliphatic carbocycles. The third kappa shape index (κ3) is 6.23. The van der Waals surface area contributed by atoms with E-state index < -0.39 is 0 Å². The van der Waals surface area contributed by atoms with Gasteiger partial charge in [-0.1, -0.05) is 13.3 Å². The Bertz CT molecular complexity index is 498. The second-order valence-corrected chi connectivity index (χ2v) is 6.20. The molecule has 0 bridgehead atoms. The fourth-order valence-corrected chi connectivity index (χ4v) is 3.13. The van der Waals surface area contributed by atoms with Crippen molar-refractivity contribution in [3.63, 3.8) is 0 Å². The van der Waals surface area contributed by atoms with Gasteiger partial charge in [0.2, 0.25) is 5.89 Å². The summed E-state index contributed by atoms with van der Waals surface area (Å²) in [4.78, 5) is 11.2. The molecule has 7 heteroatoms. The van der Waals surface area contributed by atoms with Gasteiger partial charge < -0.3 is 15.1 Å². The molecule has 2 rings (SSSR count). The molecule has 24 heavy (non-hydrogen) atoms. The first kappa shape index (κ1) is 21.2. The van der Waals surface area contributed by atoms with Crippen LogP contribution in [-0.2, 0) is 6.54 Å². The Balaban J connectivity index is 0.00000288. The van der Waals surface area contributed by atoms with Crippen molar-refractivity contribution >= 4 is 29.9 Å². The second kappa shape index (κ2) is 10.9. The minimum Gasteiger partial charge on any atom is -0.444 e. The van der Waals surface area contributed by atoms with E-state index in [1.54, 1.807) is 7.05 Å². The standard InChI is InChI=1S/C17H31N5O.HI/c1-5-15-8-6-7-10-22(15)11-9-19-17(18-4)20-12-16-21-13(2)14(3)23-16;/h15H,5-12H2,1-4H3,(H2,18,19,20);1H. The van der Waals surface area contributed by atoms with Gasteiger partial charge in [-0.15, -0.1) is 24.0 Å². The van der Waals surface area contributed by atoms with Crippen LogP contribution in [0.4, 0.5) is 0 Å². The number of oxazole rings is 1. The number of hydrogen-bond donors (Lipinski definition) is 2. The molecule has 1 fully saturated rings. The zero-order chi connectivity index (χ0) is 16.7. The first-order valence-electron chi connectivity index (χ1n) is 8.75. The Morgan fingerprint density at radius 1 is 1.33 bits per heavy atom. The molecule has 1 atom stereocenters. The Morgan fingerprint density at radius 3 is 2.75 bits per heavy atom. The van der Waals surface area contributed by atoms with Crippen LogP contribution in [-0.4, -0.2) is 48.6 Å². The largest absolute Gasteiger partial charge is 0.444 e. The average molecular weight is 449 g/mol. The first-order chi connectivity index (χ1) is 11.1. The van der Waals surface area contributed by atoms with E-state index in [2.05, 4.69) is 32.4 Å². The van der Waals surface area contributed by atoms with Crippen molar-refractivity contribution in [3.8, 4) is 0 Å². The number of rotatable bonds is 6. The number of aromatic nitrogens is 1. The van der Waals surface area contributed by atoms with E-state index in [1.807, 2.05) is 13.8 Å². The number of piperidine rings is 1. The molecule has 6 nitrogen and oxygen atoms in total. The Labute approximate surface area is 162 Å². The molecule has 0 saturated carbocycles. The van der Waals surface area contributed by atoms with Crippen LogP contribution in [0.5, 0.6) is 0 Å². The molecule has 1 aromatic heterocycles. The zero-order valence-electron chi connectivity index (χ0n) is 15.4. The summed E-state index contributed by atoms with van der Waals surface area (Å²) in [5, 5.41) is 6.63. The van der Waals surface area contributed by atoms with Crippen molar-refractivity contribution in [1.82, 2.24) is 20.5 Å². The smallest absolute Gasteiger partial charge is 0.214 e. The predicted molar refractivity (Wildman–Crippen MR) is 109 cm³/mol. The van der Waals surface area contributed by atoms with Crippen LogP contribution in [0, 0.1) is 13.8 Å². The maximum absolute atomic E-state index is 5.57. The Kier molecular flexibility index (Phi) is 9.65. The SMILES string of the molecule is CCC1CCCCN1CCNC(=NC)NCc1nc(C)c(C)o1.I. The third-order valence-electron chi connectivity index (χ3n) is 4.62. The number of nitrogens with one attached hydrogen (secondary N) is 2. The summed E-state index contributed by atoms with van der Waals surface area (Å²) in [7, 11) is 1.79. The summed E-state index contributed by atoms with van der Waals surface area (Å²) < 4.78 is 5.57. The topological polar surface area (TPSA) is 65.7 Å². The number of guanidine groups is 1. The highest BCUT2D eigenvalue weighted by molar-refractivity contribution is 14.0. The highest BCUT2D eigenvalue weighted by atomic mass is 127. The van der Waals surface area contributed by atoms with Crippen LogP contribution in [0.25, 0.3) is 0 Å². The van der Waals surface area contributed by atoms with Crippen molar-refractivity contribution in [1.29, 1.82) is 0 Å². The monoisotopic (exact) mass is 449 g/mol. The van der Waals surface area contributed by atoms with Gasteiger partial charge in [0, 0.05) is 26.2 Å². The number of aryl methyl sites for hydroxylation is 2. The zero-order valence-corrected chi connectivity index (χ0v) is 17.7. The van der Waals surface area contributed by atoms with E-state index in [0.29, 0.717) is 12.4 Å². The summed E-state index contributed by atoms with van der Waals surface area (Å²) in [5.74, 6) is 2.37. The maximum Gasteiger partial charge on any atom is 0.214 e. The van der Waals surface area contributed by atoms with E-state index in [9.17, 15) is 0 Å². The van der Waals surface area contributed by atoms with Gasteiger partial charge in [0.05, 0.1) is 12.2 Å². The van der Waals surface area contributed by atoms with Crippen LogP contribution in [0.15, 0.2) is 9.41 Å². The lowest BCUT2D eigenvalue weighted by Gasteiger charge is -2.35. The first-order valence-corrected chi connectivity index (χ1v) is 8.75. The molecule has 2 heterocycles. The molecular formula is C17H32IN5O. The molecule has 138 valence electrons. The van der Waals surface area contributed by atoms with Gasteiger partial charge in [0.25, 0.3) is 0 Å². The second-order valence-electron chi connectivity index (χ2n) is 6.20. The van der Waals surface area contributed by atoms with E-state index in [1.165, 1.54) is 32.2 Å². The summed E-state index contributed by atoms with van der Waals surface area (Å²) in [6.45, 7) is 9.92. The van der Waals surface area contributed by atoms with Crippen LogP contribution in [0.1, 0.15) is 50.0 Å². The summed E-state index contributed by atoms with van der Waals surface area (Å²) >= 11 is 0. The highest BCUT2D eigenvalue weighted by Crippen LogP contribution is 2.18. The van der Waals surface area contributed by atoms with E-state index in [4.69, 9.17) is 4.42 Å². The average Bonchev–Trinajstić information content (AvgIpc) is 2.89. The van der Waals surface area contributed by atoms with Gasteiger partial charge in [-0.2, -0.15) is 0 Å². The molecule has 0 amide bonds. The highest BCUT2D eigenvalue weighted by Gasteiger charge is 2.19. The van der Waals surface area contributed by atoms with Crippen LogP contribution in [0.3, 0.4) is 0 Å². The van der Waals surface area contributed by atoms with Crippen LogP contribution in [0.2, 0.25) is 0 Å². The Hall–Kier alpha value is -0.830. The minimum absolute atomic E-state index is 0. The number of nitrogens with zero attached hydrogens (tertiary/aromatic N) is 3. The fraction of sp³-hybridized carbons (Fsp3) is 0.765. The van der Waals surface area contributed by atoms with Crippen molar-refractivity contribution < 1.29 is 4.42 Å². The van der Waals surface area contributed by atoms with Gasteiger partial charge in [0.15, 0.2) is 5.96 Å².